The molecule has 3 aromatic carbocycles. The van der Waals surface area contributed by atoms with Crippen LogP contribution < -0.4 is 4.40 Å². The van der Waals surface area contributed by atoms with Gasteiger partial charge in [-0.3, -0.25) is 0 Å². The molecule has 47 heavy (non-hydrogen) atoms. The molecule has 0 unspecified atom stereocenters. The van der Waals surface area contributed by atoms with Crippen LogP contribution in [0.1, 0.15) is 50.7 Å². The summed E-state index contributed by atoms with van der Waals surface area (Å²) in [6.07, 6.45) is 10.4. The van der Waals surface area contributed by atoms with Gasteiger partial charge in [-0.2, -0.15) is 0 Å². The number of rotatable bonds is 7. The molecule has 1 fully saturated rings. The van der Waals surface area contributed by atoms with Crippen molar-refractivity contribution >= 4 is 39.6 Å². The maximum atomic E-state index is 14.3. The fourth-order valence-corrected chi connectivity index (χ4v) is 9.94. The van der Waals surface area contributed by atoms with E-state index in [2.05, 4.69) is 72.6 Å². The molecule has 1 aliphatic rings. The van der Waals surface area contributed by atoms with Gasteiger partial charge in [0, 0.05) is 25.5 Å². The Bertz CT molecular complexity index is 1940. The van der Waals surface area contributed by atoms with Crippen molar-refractivity contribution in [2.24, 2.45) is 11.8 Å². The van der Waals surface area contributed by atoms with Gasteiger partial charge in [0.2, 0.25) is 0 Å². The van der Waals surface area contributed by atoms with Crippen LogP contribution in [0.2, 0.25) is 17.3 Å². The van der Waals surface area contributed by atoms with Gasteiger partial charge in [0.15, 0.2) is 0 Å². The van der Waals surface area contributed by atoms with Crippen molar-refractivity contribution in [1.82, 2.24) is 9.97 Å². The van der Waals surface area contributed by atoms with Gasteiger partial charge < -0.3 is 9.40 Å². The number of pyridine rings is 2. The second kappa shape index (κ2) is 15.4. The summed E-state index contributed by atoms with van der Waals surface area (Å²) in [4.78, 5) is 9.02. The summed E-state index contributed by atoms with van der Waals surface area (Å²) < 4.78 is 21.7. The molecule has 3 nitrogen and oxygen atoms in total. The summed E-state index contributed by atoms with van der Waals surface area (Å²) in [5.74, 6) is 8.40. The summed E-state index contributed by atoms with van der Waals surface area (Å²) in [6, 6.07) is 30.7. The van der Waals surface area contributed by atoms with Crippen LogP contribution in [-0.4, -0.2) is 23.2 Å². The van der Waals surface area contributed by atoms with E-state index >= 15 is 0 Å². The first-order valence-corrected chi connectivity index (χ1v) is 23.9. The largest absolute Gasteiger partial charge is 0.500 e. The fourth-order valence-electron chi connectivity index (χ4n) is 6.61. The van der Waals surface area contributed by atoms with Crippen LogP contribution in [0, 0.1) is 29.8 Å². The zero-order valence-electron chi connectivity index (χ0n) is 28.0. The SMILES string of the molecule is CC(C)Cc1cc(-c2[c-]cccc2)nc[c]1[Ge]([CH3])([CH3])[CH3].Fc1cnc(-c2[c-]cc3oc4ccccc4c3c2)cc1CC1CCCC1.[Ir]. The van der Waals surface area contributed by atoms with Gasteiger partial charge in [-0.25, -0.2) is 4.39 Å². The second-order valence-electron chi connectivity index (χ2n) is 14.1. The van der Waals surface area contributed by atoms with E-state index in [0.717, 1.165) is 62.9 Å². The summed E-state index contributed by atoms with van der Waals surface area (Å²) >= 11 is -1.86. The second-order valence-corrected chi connectivity index (χ2v) is 24.7. The number of aromatic nitrogens is 2. The Morgan fingerprint density at radius 3 is 2.26 bits per heavy atom. The van der Waals surface area contributed by atoms with E-state index in [9.17, 15) is 4.39 Å². The summed E-state index contributed by atoms with van der Waals surface area (Å²) in [5, 5.41) is 2.11. The molecule has 3 heterocycles. The van der Waals surface area contributed by atoms with Crippen LogP contribution in [-0.2, 0) is 32.9 Å². The molecular formula is C41H43FGeIrN2O-2. The smallest absolute Gasteiger partial charge is 0.142 e. The standard InChI is InChI=1S/C23H19FNO.C18H24GeN.Ir/c24-20-14-25-21(13-17(20)11-15-5-1-2-6-15)16-9-10-23-19(12-16)18-7-3-4-8-22(18)26-23;1-14(2)11-16-12-18(15-9-7-6-8-10-15)20-13-17(16)19(3,4)5;/h3-4,7-8,10,12-15H,1-2,5-6,11H2;6-9,12-14H,11H2,1-5H3;/q2*-1;. The van der Waals surface area contributed by atoms with Crippen molar-refractivity contribution < 1.29 is 28.9 Å². The van der Waals surface area contributed by atoms with Crippen LogP contribution in [0.15, 0.2) is 89.6 Å². The number of halogens is 1. The molecule has 0 aliphatic heterocycles. The Hall–Kier alpha value is -3.12. The quantitative estimate of drug-likeness (QED) is 0.119. The molecule has 0 spiro atoms. The third-order valence-corrected chi connectivity index (χ3v) is 13.2. The molecule has 0 bridgehead atoms. The van der Waals surface area contributed by atoms with Gasteiger partial charge in [0.25, 0.3) is 0 Å². The third-order valence-electron chi connectivity index (χ3n) is 8.91. The van der Waals surface area contributed by atoms with Crippen molar-refractivity contribution in [3.8, 4) is 22.5 Å². The van der Waals surface area contributed by atoms with E-state index in [4.69, 9.17) is 9.40 Å². The number of furan rings is 1. The minimum Gasteiger partial charge on any atom is -0.500 e. The van der Waals surface area contributed by atoms with E-state index in [1.54, 1.807) is 4.40 Å². The molecule has 245 valence electrons. The van der Waals surface area contributed by atoms with Crippen LogP contribution >= 0.6 is 0 Å². The van der Waals surface area contributed by atoms with E-state index in [-0.39, 0.29) is 25.9 Å². The topological polar surface area (TPSA) is 38.9 Å². The molecule has 6 heteroatoms. The molecule has 1 saturated carbocycles. The summed E-state index contributed by atoms with van der Waals surface area (Å²) in [5.41, 5.74) is 7.72. The number of hydrogen-bond donors (Lipinski definition) is 0. The Kier molecular flexibility index (Phi) is 11.5. The summed E-state index contributed by atoms with van der Waals surface area (Å²) in [7, 11) is 0. The minimum absolute atomic E-state index is 0. The molecule has 0 atom stereocenters. The van der Waals surface area contributed by atoms with Crippen molar-refractivity contribution in [2.75, 3.05) is 0 Å². The van der Waals surface area contributed by atoms with E-state index in [0.29, 0.717) is 11.8 Å². The molecular weight excluding hydrogens is 820 g/mol. The Morgan fingerprint density at radius 1 is 0.830 bits per heavy atom. The van der Waals surface area contributed by atoms with E-state index in [1.165, 1.54) is 37.4 Å². The molecule has 0 N–H and O–H groups in total. The van der Waals surface area contributed by atoms with Gasteiger partial charge in [-0.1, -0.05) is 55.3 Å². The molecule has 6 aromatic rings. The Labute approximate surface area is 295 Å². The zero-order chi connectivity index (χ0) is 32.3. The Balaban J connectivity index is 0.000000188. The number of hydrogen-bond acceptors (Lipinski definition) is 3. The number of nitrogens with zero attached hydrogens (tertiary/aromatic N) is 2. The first-order valence-electron chi connectivity index (χ1n) is 16.6. The van der Waals surface area contributed by atoms with Gasteiger partial charge >= 0.3 is 126 Å². The van der Waals surface area contributed by atoms with Crippen LogP contribution in [0.4, 0.5) is 4.39 Å². The molecule has 0 amide bonds. The molecule has 1 aliphatic carbocycles. The van der Waals surface area contributed by atoms with Crippen molar-refractivity contribution in [3.05, 3.63) is 114 Å². The maximum absolute atomic E-state index is 14.3. The van der Waals surface area contributed by atoms with E-state index in [1.807, 2.05) is 54.6 Å². The first kappa shape index (κ1) is 35.2. The Morgan fingerprint density at radius 2 is 1.53 bits per heavy atom. The average molecular weight is 864 g/mol. The van der Waals surface area contributed by atoms with Gasteiger partial charge in [0.1, 0.15) is 11.4 Å². The van der Waals surface area contributed by atoms with Gasteiger partial charge in [-0.05, 0) is 29.7 Å². The molecule has 3 aromatic heterocycles. The number of benzene rings is 3. The van der Waals surface area contributed by atoms with Crippen LogP contribution in [0.25, 0.3) is 44.5 Å². The van der Waals surface area contributed by atoms with Gasteiger partial charge in [-0.15, -0.1) is 23.8 Å². The fraction of sp³-hybridized carbons (Fsp3) is 0.317. The predicted octanol–water partition coefficient (Wildman–Crippen LogP) is 10.6. The molecule has 1 radical (unpaired) electrons. The zero-order valence-corrected chi connectivity index (χ0v) is 32.5. The molecule has 7 rings (SSSR count). The summed E-state index contributed by atoms with van der Waals surface area (Å²) in [6.45, 7) is 4.57. The monoisotopic (exact) mass is 865 g/mol. The number of para-hydroxylation sites is 1. The van der Waals surface area contributed by atoms with Crippen LogP contribution in [0.5, 0.6) is 0 Å². The number of fused-ring (bicyclic) bond motifs is 3. The minimum atomic E-state index is -1.86. The van der Waals surface area contributed by atoms with Crippen molar-refractivity contribution in [2.45, 2.75) is 69.6 Å². The predicted molar refractivity (Wildman–Crippen MR) is 191 cm³/mol. The first-order chi connectivity index (χ1) is 22.2. The normalized spacial score (nSPS) is 13.5. The maximum Gasteiger partial charge on any atom is 0.142 e. The molecule has 0 saturated heterocycles. The van der Waals surface area contributed by atoms with Gasteiger partial charge in [0.05, 0.1) is 11.8 Å². The van der Waals surface area contributed by atoms with E-state index < -0.39 is 13.3 Å². The average Bonchev–Trinajstić information content (AvgIpc) is 3.69. The van der Waals surface area contributed by atoms with Crippen molar-refractivity contribution in [1.29, 1.82) is 0 Å². The third kappa shape index (κ3) is 8.49. The van der Waals surface area contributed by atoms with Crippen LogP contribution in [0.3, 0.4) is 0 Å². The van der Waals surface area contributed by atoms with Crippen molar-refractivity contribution in [3.63, 3.8) is 0 Å².